The van der Waals surface area contributed by atoms with Gasteiger partial charge in [-0.05, 0) is 50.9 Å². The van der Waals surface area contributed by atoms with Gasteiger partial charge in [-0.1, -0.05) is 43.5 Å². The maximum Gasteiger partial charge on any atom is 0.0603 e. The highest BCUT2D eigenvalue weighted by molar-refractivity contribution is 5.84. The Morgan fingerprint density at radius 3 is 2.67 bits per heavy atom. The van der Waals surface area contributed by atoms with Crippen LogP contribution in [-0.2, 0) is 0 Å². The predicted molar refractivity (Wildman–Crippen MR) is 106 cm³/mol. The molecule has 1 aromatic rings. The third-order valence-electron chi connectivity index (χ3n) is 4.52. The summed E-state index contributed by atoms with van der Waals surface area (Å²) in [5.41, 5.74) is 5.22. The SMILES string of the molecule is C=C/C(=C\C(=C)CCCN1CCCC1)c1cncc(NC)c1C=C. The van der Waals surface area contributed by atoms with E-state index in [9.17, 15) is 0 Å². The molecule has 0 amide bonds. The lowest BCUT2D eigenvalue weighted by Crippen LogP contribution is -2.20. The van der Waals surface area contributed by atoms with Gasteiger partial charge in [-0.25, -0.2) is 0 Å². The second-order valence-electron chi connectivity index (χ2n) is 6.22. The van der Waals surface area contributed by atoms with Crippen LogP contribution in [0.2, 0.25) is 0 Å². The lowest BCUT2D eigenvalue weighted by molar-refractivity contribution is 0.334. The zero-order chi connectivity index (χ0) is 17.4. The van der Waals surface area contributed by atoms with Gasteiger partial charge in [-0.3, -0.25) is 4.98 Å². The number of pyridine rings is 1. The summed E-state index contributed by atoms with van der Waals surface area (Å²) >= 11 is 0. The number of nitrogens with zero attached hydrogens (tertiary/aromatic N) is 2. The monoisotopic (exact) mass is 323 g/mol. The summed E-state index contributed by atoms with van der Waals surface area (Å²) in [6, 6.07) is 0. The van der Waals surface area contributed by atoms with Gasteiger partial charge in [0, 0.05) is 24.4 Å². The molecule has 0 unspecified atom stereocenters. The van der Waals surface area contributed by atoms with Crippen LogP contribution in [0.5, 0.6) is 0 Å². The molecular formula is C21H29N3. The first-order valence-electron chi connectivity index (χ1n) is 8.72. The molecule has 0 radical (unpaired) electrons. The van der Waals surface area contributed by atoms with Gasteiger partial charge < -0.3 is 10.2 Å². The van der Waals surface area contributed by atoms with Gasteiger partial charge in [0.1, 0.15) is 0 Å². The Bertz CT molecular complexity index is 622. The topological polar surface area (TPSA) is 28.2 Å². The summed E-state index contributed by atoms with van der Waals surface area (Å²) in [6.07, 6.45) is 14.4. The highest BCUT2D eigenvalue weighted by atomic mass is 15.1. The van der Waals surface area contributed by atoms with Crippen LogP contribution in [-0.4, -0.2) is 36.6 Å². The quantitative estimate of drug-likeness (QED) is 0.664. The molecule has 3 heteroatoms. The second kappa shape index (κ2) is 9.24. The van der Waals surface area contributed by atoms with E-state index in [0.29, 0.717) is 0 Å². The van der Waals surface area contributed by atoms with Crippen molar-refractivity contribution in [3.05, 3.63) is 61.0 Å². The zero-order valence-electron chi connectivity index (χ0n) is 14.9. The number of allylic oxidation sites excluding steroid dienone is 4. The van der Waals surface area contributed by atoms with Crippen molar-refractivity contribution in [3.63, 3.8) is 0 Å². The van der Waals surface area contributed by atoms with E-state index >= 15 is 0 Å². The fourth-order valence-electron chi connectivity index (χ4n) is 3.19. The van der Waals surface area contributed by atoms with E-state index in [4.69, 9.17) is 0 Å². The first-order chi connectivity index (χ1) is 11.7. The lowest BCUT2D eigenvalue weighted by Gasteiger charge is -2.15. The van der Waals surface area contributed by atoms with Crippen LogP contribution in [0.25, 0.3) is 11.6 Å². The molecule has 1 N–H and O–H groups in total. The smallest absolute Gasteiger partial charge is 0.0603 e. The van der Waals surface area contributed by atoms with Crippen LogP contribution >= 0.6 is 0 Å². The molecule has 0 atom stereocenters. The fraction of sp³-hybridized carbons (Fsp3) is 0.381. The number of likely N-dealkylation sites (tertiary alicyclic amines) is 1. The first kappa shape index (κ1) is 18.2. The summed E-state index contributed by atoms with van der Waals surface area (Å²) < 4.78 is 0. The van der Waals surface area contributed by atoms with E-state index in [-0.39, 0.29) is 0 Å². The largest absolute Gasteiger partial charge is 0.386 e. The standard InChI is InChI=1S/C21H29N3/c1-5-18(20-15-23-16-21(22-4)19(20)6-2)14-17(3)10-9-13-24-11-7-8-12-24/h5-6,14-16,22H,1-3,7-13H2,4H3/b18-14+. The summed E-state index contributed by atoms with van der Waals surface area (Å²) in [7, 11) is 1.89. The fourth-order valence-corrected chi connectivity index (χ4v) is 3.19. The van der Waals surface area contributed by atoms with Crippen molar-refractivity contribution >= 4 is 17.3 Å². The van der Waals surface area contributed by atoms with Crippen molar-refractivity contribution < 1.29 is 0 Å². The van der Waals surface area contributed by atoms with Gasteiger partial charge in [-0.2, -0.15) is 0 Å². The Morgan fingerprint density at radius 2 is 2.04 bits per heavy atom. The Morgan fingerprint density at radius 1 is 1.29 bits per heavy atom. The van der Waals surface area contributed by atoms with Crippen LogP contribution < -0.4 is 5.32 Å². The molecule has 1 aliphatic heterocycles. The average molecular weight is 323 g/mol. The molecule has 2 heterocycles. The third kappa shape index (κ3) is 4.68. The molecule has 1 aromatic heterocycles. The molecule has 0 aromatic carbocycles. The second-order valence-corrected chi connectivity index (χ2v) is 6.22. The maximum absolute atomic E-state index is 4.32. The highest BCUT2D eigenvalue weighted by Gasteiger charge is 2.11. The van der Waals surface area contributed by atoms with E-state index in [0.717, 1.165) is 40.8 Å². The summed E-state index contributed by atoms with van der Waals surface area (Å²) in [4.78, 5) is 6.86. The van der Waals surface area contributed by atoms with Crippen molar-refractivity contribution in [2.45, 2.75) is 25.7 Å². The third-order valence-corrected chi connectivity index (χ3v) is 4.52. The molecule has 24 heavy (non-hydrogen) atoms. The van der Waals surface area contributed by atoms with Gasteiger partial charge >= 0.3 is 0 Å². The van der Waals surface area contributed by atoms with Gasteiger partial charge in [0.2, 0.25) is 0 Å². The maximum atomic E-state index is 4.32. The lowest BCUT2D eigenvalue weighted by atomic mass is 9.97. The number of hydrogen-bond donors (Lipinski definition) is 1. The molecule has 128 valence electrons. The predicted octanol–water partition coefficient (Wildman–Crippen LogP) is 4.77. The highest BCUT2D eigenvalue weighted by Crippen LogP contribution is 2.27. The first-order valence-corrected chi connectivity index (χ1v) is 8.72. The van der Waals surface area contributed by atoms with Gasteiger partial charge in [0.15, 0.2) is 0 Å². The minimum absolute atomic E-state index is 0.967. The Kier molecular flexibility index (Phi) is 7.01. The minimum Gasteiger partial charge on any atom is -0.386 e. The summed E-state index contributed by atoms with van der Waals surface area (Å²) in [5.74, 6) is 0. The molecule has 3 nitrogen and oxygen atoms in total. The van der Waals surface area contributed by atoms with Crippen molar-refractivity contribution in [1.82, 2.24) is 9.88 Å². The van der Waals surface area contributed by atoms with E-state index in [2.05, 4.69) is 41.0 Å². The molecule has 1 aliphatic rings. The van der Waals surface area contributed by atoms with E-state index < -0.39 is 0 Å². The Balaban J connectivity index is 2.06. The number of rotatable bonds is 9. The average Bonchev–Trinajstić information content (AvgIpc) is 3.12. The molecule has 0 aliphatic carbocycles. The molecule has 2 rings (SSSR count). The summed E-state index contributed by atoms with van der Waals surface area (Å²) in [5, 5.41) is 3.16. The van der Waals surface area contributed by atoms with Crippen molar-refractivity contribution in [3.8, 4) is 0 Å². The molecule has 1 fully saturated rings. The molecule has 0 saturated carbocycles. The molecular weight excluding hydrogens is 294 g/mol. The van der Waals surface area contributed by atoms with Gasteiger partial charge in [0.25, 0.3) is 0 Å². The van der Waals surface area contributed by atoms with Crippen molar-refractivity contribution in [2.75, 3.05) is 32.0 Å². The van der Waals surface area contributed by atoms with Crippen LogP contribution in [0.3, 0.4) is 0 Å². The van der Waals surface area contributed by atoms with Crippen LogP contribution in [0.15, 0.2) is 49.9 Å². The minimum atomic E-state index is 0.967. The molecule has 0 bridgehead atoms. The van der Waals surface area contributed by atoms with E-state index in [1.807, 2.05) is 31.6 Å². The number of hydrogen-bond acceptors (Lipinski definition) is 3. The van der Waals surface area contributed by atoms with Crippen molar-refractivity contribution in [1.29, 1.82) is 0 Å². The van der Waals surface area contributed by atoms with E-state index in [1.165, 1.54) is 32.5 Å². The number of aromatic nitrogens is 1. The van der Waals surface area contributed by atoms with Crippen molar-refractivity contribution in [2.24, 2.45) is 0 Å². The Hall–Kier alpha value is -2.13. The zero-order valence-corrected chi connectivity index (χ0v) is 14.9. The number of anilines is 1. The molecule has 1 saturated heterocycles. The normalized spacial score (nSPS) is 15.3. The van der Waals surface area contributed by atoms with Crippen LogP contribution in [0.4, 0.5) is 5.69 Å². The molecule has 0 spiro atoms. The van der Waals surface area contributed by atoms with Gasteiger partial charge in [-0.15, -0.1) is 0 Å². The van der Waals surface area contributed by atoms with Crippen LogP contribution in [0, 0.1) is 0 Å². The Labute approximate surface area is 146 Å². The van der Waals surface area contributed by atoms with Crippen LogP contribution in [0.1, 0.15) is 36.8 Å². The summed E-state index contributed by atoms with van der Waals surface area (Å²) in [6.45, 7) is 15.8. The van der Waals surface area contributed by atoms with Gasteiger partial charge in [0.05, 0.1) is 11.9 Å². The van der Waals surface area contributed by atoms with E-state index in [1.54, 1.807) is 0 Å². The number of nitrogens with one attached hydrogen (secondary N) is 1.